The lowest BCUT2D eigenvalue weighted by Crippen LogP contribution is -1.98. The van der Waals surface area contributed by atoms with Gasteiger partial charge in [-0.2, -0.15) is 0 Å². The van der Waals surface area contributed by atoms with E-state index in [9.17, 15) is 0 Å². The second-order valence-electron chi connectivity index (χ2n) is 7.92. The minimum atomic E-state index is 1.06. The van der Waals surface area contributed by atoms with E-state index in [1.54, 1.807) is 0 Å². The number of anilines is 2. The first kappa shape index (κ1) is 20.5. The number of para-hydroxylation sites is 1. The summed E-state index contributed by atoms with van der Waals surface area (Å²) in [6.07, 6.45) is 0. The van der Waals surface area contributed by atoms with Gasteiger partial charge < -0.3 is 5.32 Å². The van der Waals surface area contributed by atoms with Crippen molar-refractivity contribution >= 4 is 22.5 Å². The van der Waals surface area contributed by atoms with Crippen LogP contribution in [0.2, 0.25) is 0 Å². The van der Waals surface area contributed by atoms with E-state index in [4.69, 9.17) is 0 Å². The average Bonchev–Trinajstić information content (AvgIpc) is 2.89. The number of hydrogen-bond acceptors (Lipinski definition) is 1. The molecule has 0 saturated carbocycles. The van der Waals surface area contributed by atoms with Crippen molar-refractivity contribution in [3.05, 3.63) is 168 Å². The minimum absolute atomic E-state index is 1.06. The molecule has 0 aliphatic rings. The number of benzene rings is 5. The number of nitrogens with one attached hydrogen (secondary N) is 1. The fraction of sp³-hybridized carbons (Fsp3) is 0. The molecule has 5 aromatic carbocycles. The van der Waals surface area contributed by atoms with Crippen LogP contribution in [0.4, 0.5) is 11.4 Å². The Morgan fingerprint density at radius 3 is 1.18 bits per heavy atom. The summed E-state index contributed by atoms with van der Waals surface area (Å²) in [7, 11) is 0. The highest BCUT2D eigenvalue weighted by Gasteiger charge is 2.16. The van der Waals surface area contributed by atoms with Gasteiger partial charge in [-0.05, 0) is 57.7 Å². The molecule has 158 valence electrons. The van der Waals surface area contributed by atoms with Gasteiger partial charge in [0.15, 0.2) is 0 Å². The van der Waals surface area contributed by atoms with Gasteiger partial charge in [0.25, 0.3) is 0 Å². The molecule has 1 nitrogen and oxygen atoms in total. The summed E-state index contributed by atoms with van der Waals surface area (Å²) in [4.78, 5) is 0. The summed E-state index contributed by atoms with van der Waals surface area (Å²) in [5.74, 6) is 0. The lowest BCUT2D eigenvalue weighted by molar-refractivity contribution is 1.48. The molecule has 0 aliphatic carbocycles. The molecule has 5 aromatic rings. The first-order valence-corrected chi connectivity index (χ1v) is 11.2. The largest absolute Gasteiger partial charge is 0.356 e. The van der Waals surface area contributed by atoms with E-state index in [1.165, 1.54) is 33.4 Å². The Kier molecular flexibility index (Phi) is 6.13. The molecule has 0 aliphatic heterocycles. The highest BCUT2D eigenvalue weighted by Crippen LogP contribution is 2.37. The second-order valence-corrected chi connectivity index (χ2v) is 7.92. The van der Waals surface area contributed by atoms with Gasteiger partial charge in [-0.3, -0.25) is 0 Å². The molecule has 0 radical (unpaired) electrons. The van der Waals surface area contributed by atoms with Crippen LogP contribution in [-0.2, 0) is 0 Å². The van der Waals surface area contributed by atoms with Gasteiger partial charge in [0.2, 0.25) is 0 Å². The second kappa shape index (κ2) is 9.84. The van der Waals surface area contributed by atoms with Crippen LogP contribution in [0.25, 0.3) is 11.1 Å². The fourth-order valence-corrected chi connectivity index (χ4v) is 4.17. The molecule has 0 aromatic heterocycles. The van der Waals surface area contributed by atoms with Gasteiger partial charge in [0.1, 0.15) is 0 Å². The Morgan fingerprint density at radius 1 is 0.333 bits per heavy atom. The first-order valence-electron chi connectivity index (χ1n) is 11.2. The van der Waals surface area contributed by atoms with Gasteiger partial charge in [-0.25, -0.2) is 0 Å². The Bertz CT molecular complexity index is 1300. The molecule has 0 unspecified atom stereocenters. The Hall–Kier alpha value is -4.36. The predicted octanol–water partition coefficient (Wildman–Crippen LogP) is 8.44. The molecule has 0 saturated heterocycles. The van der Waals surface area contributed by atoms with Crippen molar-refractivity contribution in [3.8, 4) is 0 Å². The van der Waals surface area contributed by atoms with E-state index >= 15 is 0 Å². The summed E-state index contributed by atoms with van der Waals surface area (Å²) < 4.78 is 0. The van der Waals surface area contributed by atoms with Crippen LogP contribution in [-0.4, -0.2) is 0 Å². The molecule has 0 spiro atoms. The van der Waals surface area contributed by atoms with Crippen molar-refractivity contribution in [2.45, 2.75) is 0 Å². The normalized spacial score (nSPS) is 10.4. The topological polar surface area (TPSA) is 12.0 Å². The molecule has 5 rings (SSSR count). The highest BCUT2D eigenvalue weighted by atomic mass is 14.9. The summed E-state index contributed by atoms with van der Waals surface area (Å²) in [5, 5.41) is 3.55. The minimum Gasteiger partial charge on any atom is -0.356 e. The SMILES string of the molecule is c1ccc(Nc2cccc(C(=C(c3ccccc3)c3ccccc3)c3ccccc3)c2)cc1. The van der Waals surface area contributed by atoms with E-state index in [1.807, 2.05) is 18.2 Å². The van der Waals surface area contributed by atoms with Crippen LogP contribution >= 0.6 is 0 Å². The molecule has 1 N–H and O–H groups in total. The zero-order valence-electron chi connectivity index (χ0n) is 18.4. The van der Waals surface area contributed by atoms with Crippen LogP contribution in [0.5, 0.6) is 0 Å². The van der Waals surface area contributed by atoms with Crippen molar-refractivity contribution in [2.75, 3.05) is 5.32 Å². The predicted molar refractivity (Wildman–Crippen MR) is 141 cm³/mol. The van der Waals surface area contributed by atoms with Gasteiger partial charge in [0, 0.05) is 11.4 Å². The fourth-order valence-electron chi connectivity index (χ4n) is 4.17. The summed E-state index contributed by atoms with van der Waals surface area (Å²) in [6.45, 7) is 0. The Morgan fingerprint density at radius 2 is 0.697 bits per heavy atom. The van der Waals surface area contributed by atoms with Crippen molar-refractivity contribution in [1.82, 2.24) is 0 Å². The third-order valence-electron chi connectivity index (χ3n) is 5.65. The third kappa shape index (κ3) is 4.78. The highest BCUT2D eigenvalue weighted by molar-refractivity contribution is 6.04. The zero-order chi connectivity index (χ0) is 22.3. The van der Waals surface area contributed by atoms with E-state index in [0.717, 1.165) is 11.4 Å². The van der Waals surface area contributed by atoms with Crippen LogP contribution in [0, 0.1) is 0 Å². The Balaban J connectivity index is 1.74. The molecule has 0 amide bonds. The summed E-state index contributed by atoms with van der Waals surface area (Å²) in [5.41, 5.74) is 9.33. The summed E-state index contributed by atoms with van der Waals surface area (Å²) in [6, 6.07) is 51.0. The monoisotopic (exact) mass is 423 g/mol. The van der Waals surface area contributed by atoms with Crippen molar-refractivity contribution in [1.29, 1.82) is 0 Å². The van der Waals surface area contributed by atoms with Crippen LogP contribution < -0.4 is 5.32 Å². The molecule has 0 atom stereocenters. The molecule has 0 heterocycles. The smallest absolute Gasteiger partial charge is 0.0390 e. The molecule has 33 heavy (non-hydrogen) atoms. The molecular weight excluding hydrogens is 398 g/mol. The maximum Gasteiger partial charge on any atom is 0.0390 e. The maximum absolute atomic E-state index is 3.55. The lowest BCUT2D eigenvalue weighted by atomic mass is 9.85. The van der Waals surface area contributed by atoms with Gasteiger partial charge in [-0.1, -0.05) is 121 Å². The molecule has 0 fully saturated rings. The summed E-state index contributed by atoms with van der Waals surface area (Å²) >= 11 is 0. The zero-order valence-corrected chi connectivity index (χ0v) is 18.4. The van der Waals surface area contributed by atoms with Crippen LogP contribution in [0.3, 0.4) is 0 Å². The molecule has 0 bridgehead atoms. The number of hydrogen-bond donors (Lipinski definition) is 1. The quantitative estimate of drug-likeness (QED) is 0.270. The van der Waals surface area contributed by atoms with Crippen molar-refractivity contribution in [2.24, 2.45) is 0 Å². The molecule has 1 heteroatoms. The lowest BCUT2D eigenvalue weighted by Gasteiger charge is -2.19. The number of rotatable bonds is 6. The standard InChI is InChI=1S/C32H25N/c1-5-14-25(15-6-1)31(26-16-7-2-8-17-26)32(27-18-9-3-10-19-27)28-20-13-23-30(24-28)33-29-21-11-4-12-22-29/h1-24,33H. The van der Waals surface area contributed by atoms with Gasteiger partial charge >= 0.3 is 0 Å². The van der Waals surface area contributed by atoms with E-state index in [0.29, 0.717) is 0 Å². The third-order valence-corrected chi connectivity index (χ3v) is 5.65. The van der Waals surface area contributed by atoms with Gasteiger partial charge in [-0.15, -0.1) is 0 Å². The average molecular weight is 424 g/mol. The van der Waals surface area contributed by atoms with Crippen LogP contribution in [0.1, 0.15) is 22.3 Å². The first-order chi connectivity index (χ1) is 16.4. The van der Waals surface area contributed by atoms with Gasteiger partial charge in [0.05, 0.1) is 0 Å². The van der Waals surface area contributed by atoms with E-state index in [-0.39, 0.29) is 0 Å². The van der Waals surface area contributed by atoms with Crippen molar-refractivity contribution < 1.29 is 0 Å². The Labute approximate surface area is 195 Å². The van der Waals surface area contributed by atoms with E-state index in [2.05, 4.69) is 133 Å². The maximum atomic E-state index is 3.55. The van der Waals surface area contributed by atoms with Crippen LogP contribution in [0.15, 0.2) is 146 Å². The van der Waals surface area contributed by atoms with Crippen molar-refractivity contribution in [3.63, 3.8) is 0 Å². The molecular formula is C32H25N. The van der Waals surface area contributed by atoms with E-state index < -0.39 is 0 Å².